The lowest BCUT2D eigenvalue weighted by Gasteiger charge is -2.14. The number of carbonyl (C=O) groups is 1. The van der Waals surface area contributed by atoms with E-state index < -0.39 is 11.8 Å². The Morgan fingerprint density at radius 1 is 1.69 bits per heavy atom. The minimum atomic E-state index is -0.810. The highest BCUT2D eigenvalue weighted by Gasteiger charge is 2.24. The first kappa shape index (κ1) is 9.94. The van der Waals surface area contributed by atoms with Gasteiger partial charge in [0.1, 0.15) is 5.92 Å². The fourth-order valence-electron chi connectivity index (χ4n) is 1.04. The van der Waals surface area contributed by atoms with Gasteiger partial charge in [-0.1, -0.05) is 25.4 Å². The van der Waals surface area contributed by atoms with E-state index in [2.05, 4.69) is 4.99 Å². The molecule has 3 nitrogen and oxygen atoms in total. The van der Waals surface area contributed by atoms with Gasteiger partial charge in [-0.2, -0.15) is 5.26 Å². The highest BCUT2D eigenvalue weighted by molar-refractivity contribution is 6.45. The van der Waals surface area contributed by atoms with Crippen molar-refractivity contribution in [3.63, 3.8) is 0 Å². The normalized spacial score (nSPS) is 22.4. The average molecular weight is 197 g/mol. The number of halogens is 1. The van der Waals surface area contributed by atoms with Crippen LogP contribution in [0.5, 0.6) is 0 Å². The lowest BCUT2D eigenvalue weighted by molar-refractivity contribution is -0.119. The SMILES string of the molecule is CC(C)C1=NC(=O)C(C#N)C=C1Cl. The van der Waals surface area contributed by atoms with Crippen molar-refractivity contribution in [3.8, 4) is 6.07 Å². The van der Waals surface area contributed by atoms with E-state index in [0.29, 0.717) is 10.7 Å². The monoisotopic (exact) mass is 196 g/mol. The lowest BCUT2D eigenvalue weighted by atomic mass is 10.0. The van der Waals surface area contributed by atoms with E-state index in [1.807, 2.05) is 19.9 Å². The third kappa shape index (κ3) is 1.96. The topological polar surface area (TPSA) is 53.2 Å². The van der Waals surface area contributed by atoms with E-state index in [1.54, 1.807) is 0 Å². The number of dihydropyridines is 1. The molecule has 0 saturated carbocycles. The molecule has 0 N–H and O–H groups in total. The second kappa shape index (κ2) is 3.71. The number of amides is 1. The van der Waals surface area contributed by atoms with Crippen LogP contribution in [0, 0.1) is 23.2 Å². The van der Waals surface area contributed by atoms with Gasteiger partial charge in [0.2, 0.25) is 0 Å². The van der Waals surface area contributed by atoms with Gasteiger partial charge in [0, 0.05) is 0 Å². The van der Waals surface area contributed by atoms with Crippen LogP contribution in [-0.4, -0.2) is 11.6 Å². The summed E-state index contributed by atoms with van der Waals surface area (Å²) in [4.78, 5) is 14.9. The van der Waals surface area contributed by atoms with Gasteiger partial charge in [0.05, 0.1) is 16.8 Å². The van der Waals surface area contributed by atoms with Crippen LogP contribution in [0.4, 0.5) is 0 Å². The van der Waals surface area contributed by atoms with Crippen molar-refractivity contribution in [3.05, 3.63) is 11.1 Å². The summed E-state index contributed by atoms with van der Waals surface area (Å²) in [5.41, 5.74) is 0.568. The Kier molecular flexibility index (Phi) is 2.84. The summed E-state index contributed by atoms with van der Waals surface area (Å²) in [5.74, 6) is -1.13. The minimum Gasteiger partial charge on any atom is -0.271 e. The summed E-state index contributed by atoms with van der Waals surface area (Å²) in [6.07, 6.45) is 1.45. The number of aliphatic imine (C=N–C) groups is 1. The highest BCUT2D eigenvalue weighted by Crippen LogP contribution is 2.21. The van der Waals surface area contributed by atoms with Gasteiger partial charge in [0.25, 0.3) is 5.91 Å². The maximum atomic E-state index is 11.2. The molecular weight excluding hydrogens is 188 g/mol. The molecule has 0 aliphatic carbocycles. The van der Waals surface area contributed by atoms with Gasteiger partial charge >= 0.3 is 0 Å². The van der Waals surface area contributed by atoms with Crippen LogP contribution < -0.4 is 0 Å². The average Bonchev–Trinajstić information content (AvgIpc) is 2.07. The fourth-order valence-corrected chi connectivity index (χ4v) is 1.43. The van der Waals surface area contributed by atoms with E-state index in [1.165, 1.54) is 6.08 Å². The third-order valence-corrected chi connectivity index (χ3v) is 2.06. The molecule has 1 rings (SSSR count). The molecule has 0 aromatic rings. The van der Waals surface area contributed by atoms with Crippen LogP contribution in [0.2, 0.25) is 0 Å². The van der Waals surface area contributed by atoms with Crippen LogP contribution in [0.1, 0.15) is 13.8 Å². The molecule has 1 aliphatic heterocycles. The molecule has 0 radical (unpaired) electrons. The van der Waals surface area contributed by atoms with Crippen molar-refractivity contribution < 1.29 is 4.79 Å². The zero-order valence-electron chi connectivity index (χ0n) is 7.41. The van der Waals surface area contributed by atoms with Crippen LogP contribution in [0.25, 0.3) is 0 Å². The maximum absolute atomic E-state index is 11.2. The van der Waals surface area contributed by atoms with Gasteiger partial charge in [0.15, 0.2) is 0 Å². The summed E-state index contributed by atoms with van der Waals surface area (Å²) in [6.45, 7) is 3.80. The molecule has 1 unspecified atom stereocenters. The summed E-state index contributed by atoms with van der Waals surface area (Å²) < 4.78 is 0. The molecular formula is C9H9ClN2O. The number of hydrogen-bond donors (Lipinski definition) is 0. The Labute approximate surface area is 81.7 Å². The molecule has 1 heterocycles. The van der Waals surface area contributed by atoms with Crippen molar-refractivity contribution in [2.24, 2.45) is 16.8 Å². The summed E-state index contributed by atoms with van der Waals surface area (Å²) >= 11 is 5.84. The van der Waals surface area contributed by atoms with Gasteiger partial charge in [-0.05, 0) is 12.0 Å². The number of rotatable bonds is 1. The van der Waals surface area contributed by atoms with Crippen molar-refractivity contribution in [1.82, 2.24) is 0 Å². The van der Waals surface area contributed by atoms with E-state index >= 15 is 0 Å². The van der Waals surface area contributed by atoms with E-state index in [-0.39, 0.29) is 5.92 Å². The van der Waals surface area contributed by atoms with Crippen molar-refractivity contribution in [2.45, 2.75) is 13.8 Å². The number of carbonyl (C=O) groups excluding carboxylic acids is 1. The molecule has 0 saturated heterocycles. The van der Waals surface area contributed by atoms with Crippen molar-refractivity contribution in [1.29, 1.82) is 5.26 Å². The Morgan fingerprint density at radius 2 is 2.31 bits per heavy atom. The Balaban J connectivity index is 3.02. The van der Waals surface area contributed by atoms with Crippen LogP contribution in [0.3, 0.4) is 0 Å². The summed E-state index contributed by atoms with van der Waals surface area (Å²) in [5, 5.41) is 8.98. The second-order valence-electron chi connectivity index (χ2n) is 3.11. The molecule has 4 heteroatoms. The second-order valence-corrected chi connectivity index (χ2v) is 3.52. The van der Waals surface area contributed by atoms with Gasteiger partial charge in [-0.3, -0.25) is 4.79 Å². The fraction of sp³-hybridized carbons (Fsp3) is 0.444. The Bertz CT molecular complexity index is 336. The number of nitrogens with zero attached hydrogens (tertiary/aromatic N) is 2. The highest BCUT2D eigenvalue weighted by atomic mass is 35.5. The van der Waals surface area contributed by atoms with E-state index in [9.17, 15) is 4.79 Å². The largest absolute Gasteiger partial charge is 0.271 e. The Morgan fingerprint density at radius 3 is 2.77 bits per heavy atom. The first-order valence-electron chi connectivity index (χ1n) is 3.96. The first-order valence-corrected chi connectivity index (χ1v) is 4.33. The van der Waals surface area contributed by atoms with E-state index in [4.69, 9.17) is 16.9 Å². The van der Waals surface area contributed by atoms with Crippen LogP contribution in [-0.2, 0) is 4.79 Å². The predicted molar refractivity (Wildman–Crippen MR) is 50.3 cm³/mol. The summed E-state index contributed by atoms with van der Waals surface area (Å²) in [7, 11) is 0. The first-order chi connectivity index (χ1) is 6.06. The molecule has 1 amide bonds. The van der Waals surface area contributed by atoms with Gasteiger partial charge < -0.3 is 0 Å². The zero-order chi connectivity index (χ0) is 10.0. The molecule has 0 bridgehead atoms. The maximum Gasteiger partial charge on any atom is 0.267 e. The summed E-state index contributed by atoms with van der Waals surface area (Å²) in [6, 6.07) is 1.83. The standard InChI is InChI=1S/C9H9ClN2O/c1-5(2)8-7(10)3-6(4-11)9(13)12-8/h3,5-6H,1-2H3. The van der Waals surface area contributed by atoms with Gasteiger partial charge in [-0.15, -0.1) is 0 Å². The molecule has 0 aromatic heterocycles. The smallest absolute Gasteiger partial charge is 0.267 e. The van der Waals surface area contributed by atoms with Crippen LogP contribution >= 0.6 is 11.6 Å². The quantitative estimate of drug-likeness (QED) is 0.643. The van der Waals surface area contributed by atoms with Crippen molar-refractivity contribution >= 4 is 23.2 Å². The molecule has 0 spiro atoms. The number of nitriles is 1. The third-order valence-electron chi connectivity index (χ3n) is 1.74. The number of hydrogen-bond acceptors (Lipinski definition) is 2. The molecule has 1 atom stereocenters. The molecule has 13 heavy (non-hydrogen) atoms. The molecule has 0 fully saturated rings. The lowest BCUT2D eigenvalue weighted by Crippen LogP contribution is -2.20. The minimum absolute atomic E-state index is 0.104. The zero-order valence-corrected chi connectivity index (χ0v) is 8.17. The van der Waals surface area contributed by atoms with Crippen LogP contribution in [0.15, 0.2) is 16.1 Å². The molecule has 1 aliphatic rings. The number of allylic oxidation sites excluding steroid dienone is 1. The molecule has 68 valence electrons. The van der Waals surface area contributed by atoms with E-state index in [0.717, 1.165) is 0 Å². The predicted octanol–water partition coefficient (Wildman–Crippen LogP) is 1.89. The van der Waals surface area contributed by atoms with Crippen molar-refractivity contribution in [2.75, 3.05) is 0 Å². The molecule has 0 aromatic carbocycles. The van der Waals surface area contributed by atoms with Gasteiger partial charge in [-0.25, -0.2) is 4.99 Å². The Hall–Kier alpha value is -1.14.